The van der Waals surface area contributed by atoms with Gasteiger partial charge in [-0.15, -0.1) is 0 Å². The van der Waals surface area contributed by atoms with Crippen LogP contribution in [-0.4, -0.2) is 96.7 Å². The fraction of sp³-hybridized carbons (Fsp3) is 0.938. The van der Waals surface area contributed by atoms with Gasteiger partial charge in [0.2, 0.25) is 0 Å². The minimum Gasteiger partial charge on any atom is -0.462 e. The largest absolute Gasteiger partial charge is 0.472 e. The van der Waals surface area contributed by atoms with Crippen molar-refractivity contribution < 1.29 is 80.2 Å². The second-order valence-electron chi connectivity index (χ2n) is 24.9. The van der Waals surface area contributed by atoms with E-state index in [1.54, 1.807) is 0 Å². The fourth-order valence-electron chi connectivity index (χ4n) is 9.66. The molecule has 0 aliphatic carbocycles. The fourth-order valence-corrected chi connectivity index (χ4v) is 11.2. The summed E-state index contributed by atoms with van der Waals surface area (Å²) in [5, 5.41) is 10.5. The average molecular weight is 1240 g/mol. The summed E-state index contributed by atoms with van der Waals surface area (Å²) in [7, 11) is -9.89. The summed E-state index contributed by atoms with van der Waals surface area (Å²) in [4.78, 5) is 72.3. The zero-order chi connectivity index (χ0) is 62.4. The first-order chi connectivity index (χ1) is 40.2. The Kier molecular flexibility index (Phi) is 55.0. The molecule has 0 saturated carbocycles. The van der Waals surface area contributed by atoms with Gasteiger partial charge in [-0.05, 0) is 43.4 Å². The van der Waals surface area contributed by atoms with Crippen LogP contribution in [0.3, 0.4) is 0 Å². The lowest BCUT2D eigenvalue weighted by molar-refractivity contribution is -0.161. The van der Waals surface area contributed by atoms with Crippen molar-refractivity contribution in [2.24, 2.45) is 17.8 Å². The van der Waals surface area contributed by atoms with E-state index in [9.17, 15) is 43.2 Å². The predicted octanol–water partition coefficient (Wildman–Crippen LogP) is 17.9. The van der Waals surface area contributed by atoms with Gasteiger partial charge >= 0.3 is 39.5 Å². The molecular weight excluding hydrogens is 1110 g/mol. The first kappa shape index (κ1) is 82.1. The molecule has 17 nitrogen and oxygen atoms in total. The number of hydrogen-bond donors (Lipinski definition) is 3. The van der Waals surface area contributed by atoms with Crippen molar-refractivity contribution in [3.05, 3.63) is 0 Å². The Labute approximate surface area is 511 Å². The molecule has 0 aromatic heterocycles. The van der Waals surface area contributed by atoms with Crippen molar-refractivity contribution in [2.75, 3.05) is 39.6 Å². The van der Waals surface area contributed by atoms with Gasteiger partial charge in [-0.25, -0.2) is 9.13 Å². The van der Waals surface area contributed by atoms with Gasteiger partial charge in [0.1, 0.15) is 19.3 Å². The minimum atomic E-state index is -4.95. The Morgan fingerprint density at radius 1 is 0.321 bits per heavy atom. The molecule has 498 valence electrons. The molecule has 0 heterocycles. The number of hydrogen-bond acceptors (Lipinski definition) is 15. The molecule has 2 unspecified atom stereocenters. The quantitative estimate of drug-likeness (QED) is 0.0222. The van der Waals surface area contributed by atoms with Gasteiger partial charge in [0, 0.05) is 25.7 Å². The number of esters is 4. The molecule has 0 aliphatic heterocycles. The van der Waals surface area contributed by atoms with Gasteiger partial charge in [0.25, 0.3) is 0 Å². The summed E-state index contributed by atoms with van der Waals surface area (Å²) in [5.74, 6) is 0.0264. The Hall–Kier alpha value is -1.94. The lowest BCUT2D eigenvalue weighted by Gasteiger charge is -2.21. The number of aliphatic hydroxyl groups excluding tert-OH is 1. The molecular formula is C65H126O17P2. The van der Waals surface area contributed by atoms with Crippen molar-refractivity contribution in [2.45, 2.75) is 336 Å². The zero-order valence-corrected chi connectivity index (χ0v) is 56.1. The van der Waals surface area contributed by atoms with E-state index in [-0.39, 0.29) is 25.7 Å². The van der Waals surface area contributed by atoms with Crippen LogP contribution in [-0.2, 0) is 65.4 Å². The predicted molar refractivity (Wildman–Crippen MR) is 335 cm³/mol. The third kappa shape index (κ3) is 59.0. The molecule has 0 fully saturated rings. The lowest BCUT2D eigenvalue weighted by Crippen LogP contribution is -2.30. The third-order valence-corrected chi connectivity index (χ3v) is 16.8. The van der Waals surface area contributed by atoms with E-state index < -0.39 is 97.5 Å². The number of unbranched alkanes of at least 4 members (excludes halogenated alkanes) is 31. The van der Waals surface area contributed by atoms with E-state index in [1.807, 2.05) is 0 Å². The molecule has 0 aliphatic rings. The maximum atomic E-state index is 13.0. The minimum absolute atomic E-state index is 0.103. The molecule has 0 bridgehead atoms. The highest BCUT2D eigenvalue weighted by molar-refractivity contribution is 7.47. The number of carbonyl (C=O) groups excluding carboxylic acids is 4. The second-order valence-corrected chi connectivity index (χ2v) is 27.8. The molecule has 5 atom stereocenters. The third-order valence-electron chi connectivity index (χ3n) is 14.9. The van der Waals surface area contributed by atoms with E-state index in [1.165, 1.54) is 128 Å². The van der Waals surface area contributed by atoms with Crippen LogP contribution in [0.4, 0.5) is 0 Å². The van der Waals surface area contributed by atoms with E-state index in [0.29, 0.717) is 25.7 Å². The number of phosphoric acid groups is 2. The van der Waals surface area contributed by atoms with Crippen molar-refractivity contribution in [1.82, 2.24) is 0 Å². The van der Waals surface area contributed by atoms with Crippen LogP contribution >= 0.6 is 15.6 Å². The van der Waals surface area contributed by atoms with Gasteiger partial charge < -0.3 is 33.8 Å². The SMILES string of the molecule is CCCCCCCCCCCCCC(=O)OC[C@H](COP(=O)(O)OC[C@H](O)COP(=O)(O)OC[C@@H](COC(=O)CCCCCCCCCCC(C)C)OC(=O)CCCCCCCCCCC(C)C)OC(=O)CCCCCCCCCCC(C)C. The molecule has 0 aromatic rings. The molecule has 84 heavy (non-hydrogen) atoms. The van der Waals surface area contributed by atoms with Crippen LogP contribution in [0.15, 0.2) is 0 Å². The molecule has 0 saturated heterocycles. The Balaban J connectivity index is 5.25. The normalized spacial score (nSPS) is 14.3. The summed E-state index contributed by atoms with van der Waals surface area (Å²) >= 11 is 0. The number of carbonyl (C=O) groups is 4. The van der Waals surface area contributed by atoms with Crippen molar-refractivity contribution in [3.63, 3.8) is 0 Å². The van der Waals surface area contributed by atoms with Gasteiger partial charge in [0.15, 0.2) is 12.2 Å². The van der Waals surface area contributed by atoms with Crippen molar-refractivity contribution >= 4 is 39.5 Å². The first-order valence-corrected chi connectivity index (χ1v) is 36.8. The van der Waals surface area contributed by atoms with E-state index in [0.717, 1.165) is 108 Å². The van der Waals surface area contributed by atoms with Crippen LogP contribution in [0.2, 0.25) is 0 Å². The highest BCUT2D eigenvalue weighted by Gasteiger charge is 2.30. The lowest BCUT2D eigenvalue weighted by atomic mass is 10.0. The molecule has 19 heteroatoms. The monoisotopic (exact) mass is 1240 g/mol. The number of ether oxygens (including phenoxy) is 4. The van der Waals surface area contributed by atoms with Crippen LogP contribution in [0.1, 0.15) is 318 Å². The molecule has 3 N–H and O–H groups in total. The summed E-state index contributed by atoms with van der Waals surface area (Å²) in [6.45, 7) is 11.7. The summed E-state index contributed by atoms with van der Waals surface area (Å²) < 4.78 is 68.0. The Morgan fingerprint density at radius 2 is 0.548 bits per heavy atom. The molecule has 0 amide bonds. The zero-order valence-electron chi connectivity index (χ0n) is 54.4. The summed E-state index contributed by atoms with van der Waals surface area (Å²) in [6, 6.07) is 0. The van der Waals surface area contributed by atoms with Crippen LogP contribution in [0.25, 0.3) is 0 Å². The number of phosphoric ester groups is 2. The average Bonchev–Trinajstić information content (AvgIpc) is 3.47. The standard InChI is InChI=1S/C65H126O17P2/c1-8-9-10-11-12-13-14-15-25-32-39-46-62(67)75-52-60(81-64(69)48-41-34-27-20-17-23-30-37-44-57(4)5)54-79-83(71,72)77-50-59(66)51-78-84(73,74)80-55-61(82-65(70)49-42-35-28-21-18-24-31-38-45-58(6)7)53-76-63(68)47-40-33-26-19-16-22-29-36-43-56(2)3/h56-61,66H,8-55H2,1-7H3,(H,71,72)(H,73,74)/t59-,60+,61+/m0/s1. The van der Waals surface area contributed by atoms with Gasteiger partial charge in [-0.1, -0.05) is 267 Å². The van der Waals surface area contributed by atoms with Gasteiger partial charge in [0.05, 0.1) is 26.4 Å². The van der Waals surface area contributed by atoms with Gasteiger partial charge in [-0.3, -0.25) is 37.3 Å². The maximum Gasteiger partial charge on any atom is 0.472 e. The van der Waals surface area contributed by atoms with Gasteiger partial charge in [-0.2, -0.15) is 0 Å². The molecule has 0 radical (unpaired) electrons. The molecule has 0 spiro atoms. The van der Waals surface area contributed by atoms with Crippen LogP contribution < -0.4 is 0 Å². The van der Waals surface area contributed by atoms with Crippen LogP contribution in [0.5, 0.6) is 0 Å². The smallest absolute Gasteiger partial charge is 0.462 e. The van der Waals surface area contributed by atoms with Crippen molar-refractivity contribution in [1.29, 1.82) is 0 Å². The topological polar surface area (TPSA) is 237 Å². The van der Waals surface area contributed by atoms with E-state index >= 15 is 0 Å². The van der Waals surface area contributed by atoms with E-state index in [2.05, 4.69) is 48.5 Å². The maximum absolute atomic E-state index is 13.0. The van der Waals surface area contributed by atoms with Crippen molar-refractivity contribution in [3.8, 4) is 0 Å². The second kappa shape index (κ2) is 56.3. The summed E-state index contributed by atoms with van der Waals surface area (Å²) in [5.41, 5.74) is 0. The first-order valence-electron chi connectivity index (χ1n) is 33.8. The summed E-state index contributed by atoms with van der Waals surface area (Å²) in [6.07, 6.45) is 37.6. The van der Waals surface area contributed by atoms with E-state index in [4.69, 9.17) is 37.0 Å². The molecule has 0 aromatic carbocycles. The highest BCUT2D eigenvalue weighted by Crippen LogP contribution is 2.45. The number of rotatable bonds is 63. The molecule has 0 rings (SSSR count). The number of aliphatic hydroxyl groups is 1. The van der Waals surface area contributed by atoms with Crippen LogP contribution in [0, 0.1) is 17.8 Å². The highest BCUT2D eigenvalue weighted by atomic mass is 31.2. The Morgan fingerprint density at radius 3 is 0.810 bits per heavy atom. The Bertz CT molecular complexity index is 1660.